The van der Waals surface area contributed by atoms with E-state index in [-0.39, 0.29) is 24.3 Å². The van der Waals surface area contributed by atoms with Crippen molar-refractivity contribution >= 4 is 29.8 Å². The molecule has 1 aliphatic carbocycles. The molecule has 2 atom stereocenters. The summed E-state index contributed by atoms with van der Waals surface area (Å²) in [6, 6.07) is 3.02. The fourth-order valence-electron chi connectivity index (χ4n) is 3.92. The number of alkyl halides is 3. The Hall–Kier alpha value is -3.18. The molecule has 33 heavy (non-hydrogen) atoms. The largest absolute Gasteiger partial charge is 0.471 e. The number of nitrogens with one attached hydrogen (secondary N) is 3. The van der Waals surface area contributed by atoms with Crippen LogP contribution in [0.25, 0.3) is 0 Å². The second kappa shape index (κ2) is 10.2. The Bertz CT molecular complexity index is 920. The number of nitrogens with zero attached hydrogens (tertiary/aromatic N) is 1. The molecule has 4 amide bonds. The molecule has 2 unspecified atom stereocenters. The zero-order valence-electron chi connectivity index (χ0n) is 17.6. The maximum Gasteiger partial charge on any atom is 0.471 e. The number of likely N-dealkylation sites (tertiary alicyclic amines) is 1. The number of carbonyl (C=O) groups is 4. The third kappa shape index (κ3) is 6.65. The highest BCUT2D eigenvalue weighted by Gasteiger charge is 2.39. The van der Waals surface area contributed by atoms with E-state index in [0.717, 1.165) is 12.8 Å². The first-order valence-corrected chi connectivity index (χ1v) is 10.5. The number of benzene rings is 1. The quantitative estimate of drug-likeness (QED) is 0.375. The summed E-state index contributed by atoms with van der Waals surface area (Å²) in [7, 11) is 0. The van der Waals surface area contributed by atoms with Crippen molar-refractivity contribution in [3.8, 4) is 0 Å². The lowest BCUT2D eigenvalue weighted by molar-refractivity contribution is -0.173. The molecule has 8 nitrogen and oxygen atoms in total. The number of rotatable bonds is 9. The van der Waals surface area contributed by atoms with Crippen LogP contribution in [0.5, 0.6) is 0 Å². The summed E-state index contributed by atoms with van der Waals surface area (Å²) in [6.07, 6.45) is -2.00. The van der Waals surface area contributed by atoms with E-state index in [1.54, 1.807) is 0 Å². The maximum absolute atomic E-state index is 13.8. The predicted octanol–water partition coefficient (Wildman–Crippen LogP) is 1.67. The van der Waals surface area contributed by atoms with E-state index in [1.807, 2.05) is 0 Å². The van der Waals surface area contributed by atoms with Crippen LogP contribution in [-0.2, 0) is 19.2 Å². The molecule has 1 saturated carbocycles. The van der Waals surface area contributed by atoms with Gasteiger partial charge < -0.3 is 20.9 Å². The number of carbonyl (C=O) groups excluding carboxylic acids is 4. The highest BCUT2D eigenvalue weighted by atomic mass is 19.4. The Balaban J connectivity index is 1.63. The third-order valence-corrected chi connectivity index (χ3v) is 5.73. The van der Waals surface area contributed by atoms with E-state index in [2.05, 4.69) is 10.6 Å². The van der Waals surface area contributed by atoms with Crippen LogP contribution in [0.2, 0.25) is 0 Å². The lowest BCUT2D eigenvalue weighted by Gasteiger charge is -2.25. The SMILES string of the molecule is O=CNc1ccc(F)cc1C1CCN(C(=O)C(CC2CC2)NC(=O)CNC(=O)C(F)(F)F)C1. The number of hydrogen-bond acceptors (Lipinski definition) is 4. The van der Waals surface area contributed by atoms with Gasteiger partial charge in [0.15, 0.2) is 0 Å². The first-order chi connectivity index (χ1) is 15.6. The topological polar surface area (TPSA) is 108 Å². The van der Waals surface area contributed by atoms with Crippen molar-refractivity contribution in [2.45, 2.75) is 43.8 Å². The summed E-state index contributed by atoms with van der Waals surface area (Å²) in [5.41, 5.74) is 0.990. The van der Waals surface area contributed by atoms with E-state index in [9.17, 15) is 36.7 Å². The van der Waals surface area contributed by atoms with E-state index in [1.165, 1.54) is 28.4 Å². The molecule has 1 aromatic rings. The summed E-state index contributed by atoms with van der Waals surface area (Å²) in [5, 5.41) is 6.44. The second-order valence-electron chi connectivity index (χ2n) is 8.24. The van der Waals surface area contributed by atoms with Gasteiger partial charge >= 0.3 is 12.1 Å². The van der Waals surface area contributed by atoms with Gasteiger partial charge in [0.2, 0.25) is 18.2 Å². The smallest absolute Gasteiger partial charge is 0.343 e. The standard InChI is InChI=1S/C21H24F4N4O4/c22-14-3-4-16(27-11-30)15(8-14)13-5-6-29(10-13)19(32)17(7-12-1-2-12)28-18(31)9-26-20(33)21(23,24)25/h3-4,8,11-13,17H,1-2,5-7,9-10H2,(H,26,33)(H,27,30)(H,28,31). The Kier molecular flexibility index (Phi) is 7.54. The van der Waals surface area contributed by atoms with Crippen LogP contribution in [0.15, 0.2) is 18.2 Å². The van der Waals surface area contributed by atoms with Crippen molar-refractivity contribution in [1.29, 1.82) is 0 Å². The van der Waals surface area contributed by atoms with Crippen LogP contribution >= 0.6 is 0 Å². The summed E-state index contributed by atoms with van der Waals surface area (Å²) in [5.74, 6) is -4.01. The van der Waals surface area contributed by atoms with Gasteiger partial charge in [-0.3, -0.25) is 19.2 Å². The van der Waals surface area contributed by atoms with Gasteiger partial charge in [-0.1, -0.05) is 12.8 Å². The molecular formula is C21H24F4N4O4. The van der Waals surface area contributed by atoms with Crippen LogP contribution in [0, 0.1) is 11.7 Å². The average Bonchev–Trinajstić information content (AvgIpc) is 3.43. The molecule has 1 saturated heterocycles. The lowest BCUT2D eigenvalue weighted by Crippen LogP contribution is -2.51. The van der Waals surface area contributed by atoms with Gasteiger partial charge in [0, 0.05) is 24.7 Å². The number of amides is 4. The van der Waals surface area contributed by atoms with Gasteiger partial charge in [0.05, 0.1) is 6.54 Å². The minimum absolute atomic E-state index is 0.231. The van der Waals surface area contributed by atoms with Crippen molar-refractivity contribution in [2.24, 2.45) is 5.92 Å². The van der Waals surface area contributed by atoms with Gasteiger partial charge in [-0.25, -0.2) is 4.39 Å². The van der Waals surface area contributed by atoms with E-state index >= 15 is 0 Å². The molecule has 0 spiro atoms. The highest BCUT2D eigenvalue weighted by molar-refractivity contribution is 5.91. The molecule has 2 aliphatic rings. The molecular weight excluding hydrogens is 448 g/mol. The molecule has 180 valence electrons. The molecule has 1 aliphatic heterocycles. The summed E-state index contributed by atoms with van der Waals surface area (Å²) in [6.45, 7) is -0.334. The van der Waals surface area contributed by atoms with Crippen molar-refractivity contribution in [2.75, 3.05) is 25.0 Å². The zero-order chi connectivity index (χ0) is 24.2. The van der Waals surface area contributed by atoms with Crippen LogP contribution in [-0.4, -0.2) is 60.9 Å². The maximum atomic E-state index is 13.8. The lowest BCUT2D eigenvalue weighted by atomic mass is 9.96. The average molecular weight is 472 g/mol. The fraction of sp³-hybridized carbons (Fsp3) is 0.524. The number of anilines is 1. The molecule has 0 bridgehead atoms. The van der Waals surface area contributed by atoms with Crippen molar-refractivity contribution in [3.05, 3.63) is 29.6 Å². The van der Waals surface area contributed by atoms with Gasteiger partial charge in [-0.2, -0.15) is 13.2 Å². The Morgan fingerprint density at radius 3 is 2.55 bits per heavy atom. The number of hydrogen-bond donors (Lipinski definition) is 3. The van der Waals surface area contributed by atoms with E-state index < -0.39 is 36.4 Å². The van der Waals surface area contributed by atoms with E-state index in [0.29, 0.717) is 37.0 Å². The summed E-state index contributed by atoms with van der Waals surface area (Å²) < 4.78 is 50.7. The minimum Gasteiger partial charge on any atom is -0.343 e. The summed E-state index contributed by atoms with van der Waals surface area (Å²) in [4.78, 5) is 48.5. The Labute approximate surface area is 187 Å². The number of halogens is 4. The minimum atomic E-state index is -5.11. The first-order valence-electron chi connectivity index (χ1n) is 10.5. The molecule has 0 radical (unpaired) electrons. The molecule has 3 rings (SSSR count). The van der Waals surface area contributed by atoms with Crippen molar-refractivity contribution < 1.29 is 36.7 Å². The van der Waals surface area contributed by atoms with Gasteiger partial charge in [-0.05, 0) is 42.5 Å². The molecule has 0 aromatic heterocycles. The highest BCUT2D eigenvalue weighted by Crippen LogP contribution is 2.36. The fourth-order valence-corrected chi connectivity index (χ4v) is 3.92. The van der Waals surface area contributed by atoms with Crippen LogP contribution in [0.3, 0.4) is 0 Å². The first kappa shape index (κ1) is 24.5. The van der Waals surface area contributed by atoms with Crippen LogP contribution < -0.4 is 16.0 Å². The van der Waals surface area contributed by atoms with Gasteiger partial charge in [-0.15, -0.1) is 0 Å². The Morgan fingerprint density at radius 1 is 1.18 bits per heavy atom. The molecule has 1 heterocycles. The third-order valence-electron chi connectivity index (χ3n) is 5.73. The van der Waals surface area contributed by atoms with Gasteiger partial charge in [0.1, 0.15) is 11.9 Å². The molecule has 12 heteroatoms. The molecule has 1 aromatic carbocycles. The molecule has 2 fully saturated rings. The van der Waals surface area contributed by atoms with Crippen LogP contribution in [0.1, 0.15) is 37.2 Å². The molecule has 3 N–H and O–H groups in total. The van der Waals surface area contributed by atoms with Crippen LogP contribution in [0.4, 0.5) is 23.2 Å². The monoisotopic (exact) mass is 472 g/mol. The zero-order valence-corrected chi connectivity index (χ0v) is 17.6. The van der Waals surface area contributed by atoms with Gasteiger partial charge in [0.25, 0.3) is 0 Å². The predicted molar refractivity (Wildman–Crippen MR) is 108 cm³/mol. The van der Waals surface area contributed by atoms with Crippen molar-refractivity contribution in [3.63, 3.8) is 0 Å². The second-order valence-corrected chi connectivity index (χ2v) is 8.24. The summed E-state index contributed by atoms with van der Waals surface area (Å²) >= 11 is 0. The van der Waals surface area contributed by atoms with E-state index in [4.69, 9.17) is 0 Å². The Morgan fingerprint density at radius 2 is 1.91 bits per heavy atom. The normalized spacial score (nSPS) is 19.0. The van der Waals surface area contributed by atoms with Crippen molar-refractivity contribution in [1.82, 2.24) is 15.5 Å².